The minimum absolute atomic E-state index is 0.0949. The lowest BCUT2D eigenvalue weighted by molar-refractivity contribution is -0.0376. The van der Waals surface area contributed by atoms with E-state index in [1.165, 1.54) is 14.0 Å². The number of para-hydroxylation sites is 1. The molecule has 1 aliphatic heterocycles. The average Bonchev–Trinajstić information content (AvgIpc) is 2.60. The molecule has 3 N–H and O–H groups in total. The molecule has 0 saturated carbocycles. The van der Waals surface area contributed by atoms with Gasteiger partial charge in [0.05, 0.1) is 12.7 Å². The van der Waals surface area contributed by atoms with Crippen LogP contribution in [0.4, 0.5) is 0 Å². The fourth-order valence-corrected chi connectivity index (χ4v) is 3.07. The van der Waals surface area contributed by atoms with Crippen molar-refractivity contribution in [3.63, 3.8) is 0 Å². The van der Waals surface area contributed by atoms with Crippen molar-refractivity contribution in [3.8, 4) is 34.1 Å². The molecule has 0 radical (unpaired) electrons. The molecule has 25 heavy (non-hydrogen) atoms. The molecule has 128 valence electrons. The van der Waals surface area contributed by atoms with Gasteiger partial charge in [0.15, 0.2) is 17.1 Å². The highest BCUT2D eigenvalue weighted by molar-refractivity contribution is 5.95. The van der Waals surface area contributed by atoms with Crippen LogP contribution in [-0.4, -0.2) is 22.4 Å². The van der Waals surface area contributed by atoms with Crippen molar-refractivity contribution in [2.75, 3.05) is 7.11 Å². The second kappa shape index (κ2) is 5.15. The molecular weight excluding hydrogens is 328 g/mol. The van der Waals surface area contributed by atoms with Gasteiger partial charge in [0, 0.05) is 11.1 Å². The highest BCUT2D eigenvalue weighted by Gasteiger charge is 2.33. The zero-order valence-corrected chi connectivity index (χ0v) is 13.4. The lowest BCUT2D eigenvalue weighted by Gasteiger charge is -2.24. The summed E-state index contributed by atoms with van der Waals surface area (Å²) in [6, 6.07) is 6.70. The molecule has 7 nitrogen and oxygen atoms in total. The van der Waals surface area contributed by atoms with Crippen LogP contribution in [0.25, 0.3) is 22.1 Å². The van der Waals surface area contributed by atoms with E-state index < -0.39 is 17.5 Å². The summed E-state index contributed by atoms with van der Waals surface area (Å²) in [5, 5.41) is 30.6. The van der Waals surface area contributed by atoms with Gasteiger partial charge in [-0.05, 0) is 13.0 Å². The molecule has 1 aromatic heterocycles. The van der Waals surface area contributed by atoms with Crippen molar-refractivity contribution >= 4 is 11.0 Å². The summed E-state index contributed by atoms with van der Waals surface area (Å²) in [4.78, 5) is 13.1. The zero-order chi connectivity index (χ0) is 17.9. The molecule has 2 heterocycles. The molecule has 0 fully saturated rings. The van der Waals surface area contributed by atoms with Gasteiger partial charge in [-0.1, -0.05) is 18.2 Å². The number of rotatable bonds is 1. The van der Waals surface area contributed by atoms with Gasteiger partial charge in [0.2, 0.25) is 11.2 Å². The molecule has 0 unspecified atom stereocenters. The number of hydrogen-bond acceptors (Lipinski definition) is 7. The monoisotopic (exact) mass is 342 g/mol. The molecule has 1 atom stereocenters. The first-order valence-electron chi connectivity index (χ1n) is 7.49. The van der Waals surface area contributed by atoms with Crippen molar-refractivity contribution < 1.29 is 29.2 Å². The maximum absolute atomic E-state index is 13.1. The fourth-order valence-electron chi connectivity index (χ4n) is 3.07. The summed E-state index contributed by atoms with van der Waals surface area (Å²) in [5.41, 5.74) is -0.0665. The van der Waals surface area contributed by atoms with Gasteiger partial charge >= 0.3 is 0 Å². The summed E-state index contributed by atoms with van der Waals surface area (Å²) in [5.74, 6) is -0.630. The zero-order valence-electron chi connectivity index (χ0n) is 13.4. The first-order valence-corrected chi connectivity index (χ1v) is 7.49. The maximum Gasteiger partial charge on any atom is 0.257 e. The van der Waals surface area contributed by atoms with Crippen LogP contribution in [0.3, 0.4) is 0 Å². The first-order chi connectivity index (χ1) is 12.0. The van der Waals surface area contributed by atoms with Gasteiger partial charge in [-0.15, -0.1) is 0 Å². The molecule has 0 aliphatic carbocycles. The minimum Gasteiger partial charge on any atom is -0.507 e. The van der Waals surface area contributed by atoms with Gasteiger partial charge in [0.25, 0.3) is 6.29 Å². The van der Waals surface area contributed by atoms with Crippen LogP contribution in [0.15, 0.2) is 33.5 Å². The lowest BCUT2D eigenvalue weighted by Crippen LogP contribution is -2.20. The second-order valence-corrected chi connectivity index (χ2v) is 5.70. The third-order valence-electron chi connectivity index (χ3n) is 4.33. The van der Waals surface area contributed by atoms with E-state index in [-0.39, 0.29) is 39.4 Å². The van der Waals surface area contributed by atoms with Crippen LogP contribution >= 0.6 is 0 Å². The molecule has 3 aromatic rings. The molecule has 0 bridgehead atoms. The number of ether oxygens (including phenoxy) is 2. The number of aliphatic hydroxyl groups excluding tert-OH is 1. The Bertz CT molecular complexity index is 1080. The lowest BCUT2D eigenvalue weighted by atomic mass is 9.97. The van der Waals surface area contributed by atoms with E-state index in [1.54, 1.807) is 24.3 Å². The molecule has 0 spiro atoms. The Morgan fingerprint density at radius 1 is 1.16 bits per heavy atom. The number of aliphatic hydroxyl groups is 1. The van der Waals surface area contributed by atoms with Crippen LogP contribution in [0.2, 0.25) is 0 Å². The Balaban J connectivity index is 2.23. The van der Waals surface area contributed by atoms with E-state index in [4.69, 9.17) is 13.9 Å². The highest BCUT2D eigenvalue weighted by atomic mass is 16.6. The van der Waals surface area contributed by atoms with E-state index in [2.05, 4.69) is 0 Å². The Morgan fingerprint density at radius 3 is 2.60 bits per heavy atom. The third kappa shape index (κ3) is 1.93. The molecule has 1 aliphatic rings. The minimum atomic E-state index is -1.50. The van der Waals surface area contributed by atoms with Crippen LogP contribution in [0, 0.1) is 6.92 Å². The van der Waals surface area contributed by atoms with Gasteiger partial charge in [-0.2, -0.15) is 0 Å². The SMILES string of the molecule is COc1c(O)c(C)c(O)c2c(=O)c3c(oc12)[C@H](O)Oc1ccccc1-3. The Kier molecular flexibility index (Phi) is 3.16. The van der Waals surface area contributed by atoms with Gasteiger partial charge in [0.1, 0.15) is 16.9 Å². The quantitative estimate of drug-likeness (QED) is 0.623. The number of aromatic hydroxyl groups is 2. The summed E-state index contributed by atoms with van der Waals surface area (Å²) in [6.45, 7) is 1.46. The van der Waals surface area contributed by atoms with E-state index in [9.17, 15) is 20.1 Å². The number of phenols is 2. The van der Waals surface area contributed by atoms with Gasteiger partial charge in [-0.3, -0.25) is 4.79 Å². The van der Waals surface area contributed by atoms with Gasteiger partial charge < -0.3 is 29.2 Å². The van der Waals surface area contributed by atoms with Crippen molar-refractivity contribution in [1.82, 2.24) is 0 Å². The van der Waals surface area contributed by atoms with E-state index in [0.29, 0.717) is 11.3 Å². The van der Waals surface area contributed by atoms with Crippen LogP contribution in [-0.2, 0) is 0 Å². The number of fused-ring (bicyclic) bond motifs is 4. The predicted molar refractivity (Wildman–Crippen MR) is 88.1 cm³/mol. The highest BCUT2D eigenvalue weighted by Crippen LogP contribution is 2.47. The summed E-state index contributed by atoms with van der Waals surface area (Å²) in [7, 11) is 1.30. The number of benzene rings is 2. The topological polar surface area (TPSA) is 109 Å². The summed E-state index contributed by atoms with van der Waals surface area (Å²) >= 11 is 0. The predicted octanol–water partition coefficient (Wildman–Crippen LogP) is 2.57. The average molecular weight is 342 g/mol. The van der Waals surface area contributed by atoms with Crippen LogP contribution < -0.4 is 14.9 Å². The maximum atomic E-state index is 13.1. The summed E-state index contributed by atoms with van der Waals surface area (Å²) < 4.78 is 16.2. The van der Waals surface area contributed by atoms with Crippen molar-refractivity contribution in [2.24, 2.45) is 0 Å². The standard InChI is InChI=1S/C18H14O7/c1-7-12(19)11-14(21)10-8-5-3-4-6-9(8)24-18(22)16(10)25-15(11)17(23-2)13(7)20/h3-6,18-20,22H,1-2H3/t18-/m1/s1. The van der Waals surface area contributed by atoms with Crippen molar-refractivity contribution in [1.29, 1.82) is 0 Å². The Hall–Kier alpha value is -3.19. The fraction of sp³-hybridized carbons (Fsp3) is 0.167. The first kappa shape index (κ1) is 15.3. The van der Waals surface area contributed by atoms with E-state index >= 15 is 0 Å². The van der Waals surface area contributed by atoms with Crippen molar-refractivity contribution in [2.45, 2.75) is 13.2 Å². The Labute approximate surface area is 141 Å². The molecular formula is C18H14O7. The van der Waals surface area contributed by atoms with Crippen LogP contribution in [0.5, 0.6) is 23.0 Å². The number of hydrogen-bond donors (Lipinski definition) is 3. The van der Waals surface area contributed by atoms with Crippen molar-refractivity contribution in [3.05, 3.63) is 45.8 Å². The molecule has 2 aromatic carbocycles. The van der Waals surface area contributed by atoms with Gasteiger partial charge in [-0.25, -0.2) is 0 Å². The van der Waals surface area contributed by atoms with E-state index in [1.807, 2.05) is 0 Å². The second-order valence-electron chi connectivity index (χ2n) is 5.70. The molecule has 7 heteroatoms. The number of methoxy groups -OCH3 is 1. The summed E-state index contributed by atoms with van der Waals surface area (Å²) in [6.07, 6.45) is -1.50. The normalized spacial score (nSPS) is 15.4. The number of phenolic OH excluding ortho intramolecular Hbond substituents is 2. The molecule has 0 saturated heterocycles. The Morgan fingerprint density at radius 2 is 1.88 bits per heavy atom. The molecule has 4 rings (SSSR count). The smallest absolute Gasteiger partial charge is 0.257 e. The van der Waals surface area contributed by atoms with E-state index in [0.717, 1.165) is 0 Å². The molecule has 0 amide bonds. The van der Waals surface area contributed by atoms with Crippen LogP contribution in [0.1, 0.15) is 17.6 Å². The third-order valence-corrected chi connectivity index (χ3v) is 4.33. The largest absolute Gasteiger partial charge is 0.507 e.